The van der Waals surface area contributed by atoms with Gasteiger partial charge in [0.2, 0.25) is 0 Å². The molecular formula is C7H12O2S. The fraction of sp³-hybridized carbons (Fsp3) is 0.714. The minimum Gasteiger partial charge on any atom is -0.283 e. The molecule has 3 atom stereocenters. The van der Waals surface area contributed by atoms with Gasteiger partial charge in [0.15, 0.2) is 11.1 Å². The average molecular weight is 160 g/mol. The van der Waals surface area contributed by atoms with E-state index in [1.165, 1.54) is 0 Å². The van der Waals surface area contributed by atoms with Gasteiger partial charge in [-0.15, -0.1) is 6.58 Å². The van der Waals surface area contributed by atoms with Gasteiger partial charge in [-0.1, -0.05) is 13.0 Å². The van der Waals surface area contributed by atoms with Gasteiger partial charge in [-0.25, -0.2) is 4.21 Å². The molecule has 0 saturated carbocycles. The molecule has 0 aliphatic carbocycles. The summed E-state index contributed by atoms with van der Waals surface area (Å²) in [6.45, 7) is 5.69. The van der Waals surface area contributed by atoms with E-state index >= 15 is 0 Å². The quantitative estimate of drug-likeness (QED) is 0.568. The molecule has 1 heterocycles. The van der Waals surface area contributed by atoms with Gasteiger partial charge in [0.25, 0.3) is 0 Å². The predicted octanol–water partition coefficient (Wildman–Crippen LogP) is 1.26. The van der Waals surface area contributed by atoms with Crippen LogP contribution in [0.25, 0.3) is 0 Å². The van der Waals surface area contributed by atoms with E-state index in [2.05, 4.69) is 13.5 Å². The zero-order valence-corrected chi connectivity index (χ0v) is 6.89. The van der Waals surface area contributed by atoms with Crippen LogP contribution in [0.2, 0.25) is 0 Å². The Morgan fingerprint density at radius 2 is 2.60 bits per heavy atom. The van der Waals surface area contributed by atoms with Crippen LogP contribution in [0.3, 0.4) is 0 Å². The smallest absolute Gasteiger partial charge is 0.156 e. The van der Waals surface area contributed by atoms with Crippen LogP contribution in [0.1, 0.15) is 13.3 Å². The van der Waals surface area contributed by atoms with Crippen molar-refractivity contribution in [3.63, 3.8) is 0 Å². The van der Waals surface area contributed by atoms with Gasteiger partial charge >= 0.3 is 0 Å². The maximum atomic E-state index is 10.8. The Balaban J connectivity index is 2.56. The molecule has 1 fully saturated rings. The lowest BCUT2D eigenvalue weighted by Crippen LogP contribution is -2.12. The number of hydrogen-bond donors (Lipinski definition) is 0. The molecule has 1 rings (SSSR count). The second-order valence-electron chi connectivity index (χ2n) is 2.44. The van der Waals surface area contributed by atoms with E-state index in [9.17, 15) is 4.21 Å². The molecule has 0 radical (unpaired) electrons. The van der Waals surface area contributed by atoms with Crippen molar-refractivity contribution in [2.75, 3.05) is 5.75 Å². The molecule has 0 aromatic carbocycles. The molecule has 0 spiro atoms. The van der Waals surface area contributed by atoms with Crippen LogP contribution in [0.4, 0.5) is 0 Å². The summed E-state index contributed by atoms with van der Waals surface area (Å²) in [5.41, 5.74) is 0. The largest absolute Gasteiger partial charge is 0.283 e. The average Bonchev–Trinajstić information content (AvgIpc) is 2.30. The van der Waals surface area contributed by atoms with Crippen molar-refractivity contribution in [3.05, 3.63) is 12.7 Å². The Hall–Kier alpha value is -0.150. The topological polar surface area (TPSA) is 26.3 Å². The third-order valence-electron chi connectivity index (χ3n) is 1.79. The van der Waals surface area contributed by atoms with E-state index in [4.69, 9.17) is 4.18 Å². The summed E-state index contributed by atoms with van der Waals surface area (Å²) in [4.78, 5) is 0. The summed E-state index contributed by atoms with van der Waals surface area (Å²) >= 11 is -1.05. The van der Waals surface area contributed by atoms with Gasteiger partial charge < -0.3 is 0 Å². The Morgan fingerprint density at radius 3 is 3.00 bits per heavy atom. The summed E-state index contributed by atoms with van der Waals surface area (Å²) in [7, 11) is 0. The summed E-state index contributed by atoms with van der Waals surface area (Å²) in [6, 6.07) is 0. The molecule has 1 aliphatic heterocycles. The van der Waals surface area contributed by atoms with Crippen LogP contribution in [-0.2, 0) is 15.3 Å². The second kappa shape index (κ2) is 3.30. The van der Waals surface area contributed by atoms with Crippen LogP contribution >= 0.6 is 0 Å². The Morgan fingerprint density at radius 1 is 1.90 bits per heavy atom. The first-order chi connectivity index (χ1) is 4.77. The van der Waals surface area contributed by atoms with Crippen LogP contribution in [0.5, 0.6) is 0 Å². The molecule has 1 aliphatic rings. The Bertz CT molecular complexity index is 156. The van der Waals surface area contributed by atoms with Crippen molar-refractivity contribution < 1.29 is 8.39 Å². The van der Waals surface area contributed by atoms with Crippen LogP contribution in [0, 0.1) is 5.92 Å². The van der Waals surface area contributed by atoms with Crippen LogP contribution < -0.4 is 0 Å². The zero-order valence-electron chi connectivity index (χ0n) is 6.08. The van der Waals surface area contributed by atoms with E-state index in [1.807, 2.05) is 0 Å². The highest BCUT2D eigenvalue weighted by Gasteiger charge is 2.29. The van der Waals surface area contributed by atoms with Gasteiger partial charge in [-0.3, -0.25) is 4.18 Å². The van der Waals surface area contributed by atoms with E-state index in [0.29, 0.717) is 11.7 Å². The molecule has 3 unspecified atom stereocenters. The third kappa shape index (κ3) is 1.47. The minimum atomic E-state index is -1.05. The lowest BCUT2D eigenvalue weighted by atomic mass is 10.0. The highest BCUT2D eigenvalue weighted by atomic mass is 32.2. The molecule has 0 aromatic rings. The summed E-state index contributed by atoms with van der Waals surface area (Å²) in [5.74, 6) is 1.09. The molecule has 10 heavy (non-hydrogen) atoms. The monoisotopic (exact) mass is 160 g/mol. The molecular weight excluding hydrogens is 148 g/mol. The summed E-state index contributed by atoms with van der Waals surface area (Å²) < 4.78 is 15.9. The molecule has 0 aromatic heterocycles. The third-order valence-corrected chi connectivity index (χ3v) is 2.93. The van der Waals surface area contributed by atoms with Crippen molar-refractivity contribution >= 4 is 11.1 Å². The maximum absolute atomic E-state index is 10.8. The van der Waals surface area contributed by atoms with E-state index in [-0.39, 0.29) is 6.10 Å². The van der Waals surface area contributed by atoms with Gasteiger partial charge in [-0.2, -0.15) is 0 Å². The summed E-state index contributed by atoms with van der Waals surface area (Å²) in [5, 5.41) is 0. The first kappa shape index (κ1) is 7.95. The highest BCUT2D eigenvalue weighted by molar-refractivity contribution is 7.80. The van der Waals surface area contributed by atoms with Gasteiger partial charge in [0.05, 0.1) is 11.9 Å². The minimum absolute atomic E-state index is 0.0193. The predicted molar refractivity (Wildman–Crippen MR) is 41.9 cm³/mol. The lowest BCUT2D eigenvalue weighted by Gasteiger charge is -2.08. The SMILES string of the molecule is C=CC1OS(=O)CC1CC. The molecule has 2 nitrogen and oxygen atoms in total. The normalized spacial score (nSPS) is 39.9. The van der Waals surface area contributed by atoms with E-state index in [0.717, 1.165) is 6.42 Å². The molecule has 0 bridgehead atoms. The molecule has 0 N–H and O–H groups in total. The Labute approximate surface area is 63.9 Å². The first-order valence-corrected chi connectivity index (χ1v) is 4.70. The van der Waals surface area contributed by atoms with E-state index < -0.39 is 11.1 Å². The number of rotatable bonds is 2. The van der Waals surface area contributed by atoms with Crippen molar-refractivity contribution in [3.8, 4) is 0 Å². The van der Waals surface area contributed by atoms with Crippen molar-refractivity contribution in [2.24, 2.45) is 5.92 Å². The van der Waals surface area contributed by atoms with Crippen molar-refractivity contribution in [1.82, 2.24) is 0 Å². The fourth-order valence-electron chi connectivity index (χ4n) is 1.09. The van der Waals surface area contributed by atoms with Crippen LogP contribution in [-0.4, -0.2) is 16.1 Å². The number of hydrogen-bond acceptors (Lipinski definition) is 2. The van der Waals surface area contributed by atoms with Crippen molar-refractivity contribution in [2.45, 2.75) is 19.4 Å². The molecule has 0 amide bonds. The van der Waals surface area contributed by atoms with Crippen molar-refractivity contribution in [1.29, 1.82) is 0 Å². The highest BCUT2D eigenvalue weighted by Crippen LogP contribution is 2.23. The fourth-order valence-corrected chi connectivity index (χ4v) is 2.43. The van der Waals surface area contributed by atoms with Gasteiger partial charge in [-0.05, 0) is 6.42 Å². The van der Waals surface area contributed by atoms with Crippen LogP contribution in [0.15, 0.2) is 12.7 Å². The van der Waals surface area contributed by atoms with E-state index in [1.54, 1.807) is 6.08 Å². The zero-order chi connectivity index (χ0) is 7.56. The van der Waals surface area contributed by atoms with Gasteiger partial charge in [0.1, 0.15) is 0 Å². The Kier molecular flexibility index (Phi) is 2.63. The second-order valence-corrected chi connectivity index (χ2v) is 3.57. The molecule has 1 saturated heterocycles. The standard InChI is InChI=1S/C7H12O2S/c1-3-6-5-10(8)9-7(6)4-2/h4,6-7H,2-3,5H2,1H3. The first-order valence-electron chi connectivity index (χ1n) is 3.46. The summed E-state index contributed by atoms with van der Waals surface area (Å²) in [6.07, 6.45) is 2.77. The molecule has 58 valence electrons. The molecule has 3 heteroatoms. The lowest BCUT2D eigenvalue weighted by molar-refractivity contribution is 0.245. The van der Waals surface area contributed by atoms with Gasteiger partial charge in [0, 0.05) is 5.92 Å². The maximum Gasteiger partial charge on any atom is 0.156 e.